The number of rotatable bonds is 6. The number of carbonyl (C=O) groups excluding carboxylic acids is 1. The van der Waals surface area contributed by atoms with E-state index in [1.54, 1.807) is 6.20 Å². The molecule has 2 aliphatic rings. The van der Waals surface area contributed by atoms with Gasteiger partial charge in [0.1, 0.15) is 0 Å². The summed E-state index contributed by atoms with van der Waals surface area (Å²) < 4.78 is 18.3. The second-order valence-corrected chi connectivity index (χ2v) is 6.55. The molecule has 0 unspecified atom stereocenters. The van der Waals surface area contributed by atoms with Crippen molar-refractivity contribution in [2.45, 2.75) is 32.4 Å². The highest BCUT2D eigenvalue weighted by Crippen LogP contribution is 2.33. The number of amides is 1. The predicted molar refractivity (Wildman–Crippen MR) is 94.1 cm³/mol. The van der Waals surface area contributed by atoms with Crippen LogP contribution in [0.25, 0.3) is 0 Å². The second kappa shape index (κ2) is 7.37. The van der Waals surface area contributed by atoms with E-state index >= 15 is 0 Å². The van der Waals surface area contributed by atoms with Gasteiger partial charge in [-0.1, -0.05) is 6.07 Å². The molecule has 1 aromatic carbocycles. The molecule has 1 atom stereocenters. The lowest BCUT2D eigenvalue weighted by atomic mass is 10.1. The average Bonchev–Trinajstić information content (AvgIpc) is 3.30. The Morgan fingerprint density at radius 2 is 2.19 bits per heavy atom. The van der Waals surface area contributed by atoms with Gasteiger partial charge in [0.2, 0.25) is 12.7 Å². The van der Waals surface area contributed by atoms with Crippen LogP contribution in [-0.4, -0.2) is 47.1 Å². The summed E-state index contributed by atoms with van der Waals surface area (Å²) in [6, 6.07) is 7.81. The zero-order valence-corrected chi connectivity index (χ0v) is 14.9. The number of ether oxygens (including phenoxy) is 3. The standard InChI is InChI=1S/C19H23N3O4/c1-2-24-8-6-16-12-21(11-15-5-7-20-22(15)16)19(23)10-14-3-4-17-18(9-14)26-13-25-17/h3-5,7,9,16H,2,6,8,10-13H2,1H3/t16-/m0/s1. The lowest BCUT2D eigenvalue weighted by molar-refractivity contribution is -0.132. The maximum absolute atomic E-state index is 12.9. The number of carbonyl (C=O) groups is 1. The highest BCUT2D eigenvalue weighted by atomic mass is 16.7. The molecule has 0 bridgehead atoms. The van der Waals surface area contributed by atoms with Gasteiger partial charge in [-0.05, 0) is 37.1 Å². The summed E-state index contributed by atoms with van der Waals surface area (Å²) in [7, 11) is 0. The first-order valence-electron chi connectivity index (χ1n) is 9.01. The molecule has 4 rings (SSSR count). The lowest BCUT2D eigenvalue weighted by Crippen LogP contribution is -2.42. The van der Waals surface area contributed by atoms with E-state index in [0.29, 0.717) is 38.5 Å². The third-order valence-corrected chi connectivity index (χ3v) is 4.83. The summed E-state index contributed by atoms with van der Waals surface area (Å²) >= 11 is 0. The number of nitrogens with zero attached hydrogens (tertiary/aromatic N) is 3. The molecule has 1 aromatic heterocycles. The van der Waals surface area contributed by atoms with Crippen LogP contribution in [0.15, 0.2) is 30.5 Å². The summed E-state index contributed by atoms with van der Waals surface area (Å²) in [5.41, 5.74) is 2.00. The van der Waals surface area contributed by atoms with Crippen molar-refractivity contribution >= 4 is 5.91 Å². The smallest absolute Gasteiger partial charge is 0.231 e. The Balaban J connectivity index is 1.44. The van der Waals surface area contributed by atoms with Gasteiger partial charge in [-0.15, -0.1) is 0 Å². The van der Waals surface area contributed by atoms with Gasteiger partial charge in [0.15, 0.2) is 11.5 Å². The summed E-state index contributed by atoms with van der Waals surface area (Å²) in [6.45, 7) is 4.85. The van der Waals surface area contributed by atoms with Gasteiger partial charge in [0.25, 0.3) is 0 Å². The molecule has 2 aromatic rings. The predicted octanol–water partition coefficient (Wildman–Crippen LogP) is 2.16. The molecular formula is C19H23N3O4. The summed E-state index contributed by atoms with van der Waals surface area (Å²) in [5.74, 6) is 1.55. The second-order valence-electron chi connectivity index (χ2n) is 6.55. The SMILES string of the molecule is CCOCC[C@H]1CN(C(=O)Cc2ccc3c(c2)OCO3)Cc2ccnn21. The van der Waals surface area contributed by atoms with Crippen LogP contribution in [0.5, 0.6) is 11.5 Å². The highest BCUT2D eigenvalue weighted by Gasteiger charge is 2.28. The van der Waals surface area contributed by atoms with Crippen molar-refractivity contribution in [1.82, 2.24) is 14.7 Å². The van der Waals surface area contributed by atoms with Crippen LogP contribution in [0.2, 0.25) is 0 Å². The number of fused-ring (bicyclic) bond motifs is 2. The summed E-state index contributed by atoms with van der Waals surface area (Å²) in [4.78, 5) is 14.8. The van der Waals surface area contributed by atoms with E-state index in [9.17, 15) is 4.79 Å². The maximum Gasteiger partial charge on any atom is 0.231 e. The Bertz CT molecular complexity index is 789. The molecule has 0 N–H and O–H groups in total. The molecule has 0 spiro atoms. The fraction of sp³-hybridized carbons (Fsp3) is 0.474. The van der Waals surface area contributed by atoms with E-state index in [1.165, 1.54) is 0 Å². The molecule has 7 heteroatoms. The van der Waals surface area contributed by atoms with E-state index in [2.05, 4.69) is 5.10 Å². The Morgan fingerprint density at radius 1 is 1.31 bits per heavy atom. The molecule has 138 valence electrons. The molecule has 3 heterocycles. The minimum absolute atomic E-state index is 0.109. The van der Waals surface area contributed by atoms with Crippen LogP contribution in [-0.2, 0) is 22.5 Å². The molecule has 0 saturated carbocycles. The van der Waals surface area contributed by atoms with Gasteiger partial charge >= 0.3 is 0 Å². The highest BCUT2D eigenvalue weighted by molar-refractivity contribution is 5.79. The zero-order valence-electron chi connectivity index (χ0n) is 14.9. The Kier molecular flexibility index (Phi) is 4.79. The molecule has 26 heavy (non-hydrogen) atoms. The molecule has 0 radical (unpaired) electrons. The van der Waals surface area contributed by atoms with Crippen molar-refractivity contribution in [1.29, 1.82) is 0 Å². The molecule has 1 amide bonds. The van der Waals surface area contributed by atoms with Crippen LogP contribution < -0.4 is 9.47 Å². The fourth-order valence-corrected chi connectivity index (χ4v) is 3.49. The first-order valence-corrected chi connectivity index (χ1v) is 9.01. The largest absolute Gasteiger partial charge is 0.454 e. The number of hydrogen-bond donors (Lipinski definition) is 0. The molecule has 2 aliphatic heterocycles. The van der Waals surface area contributed by atoms with E-state index in [4.69, 9.17) is 14.2 Å². The Labute approximate surface area is 152 Å². The van der Waals surface area contributed by atoms with Gasteiger partial charge < -0.3 is 19.1 Å². The number of aromatic nitrogens is 2. The van der Waals surface area contributed by atoms with Crippen molar-refractivity contribution in [3.8, 4) is 11.5 Å². The molecular weight excluding hydrogens is 334 g/mol. The quantitative estimate of drug-likeness (QED) is 0.741. The van der Waals surface area contributed by atoms with Gasteiger partial charge in [0.05, 0.1) is 24.7 Å². The van der Waals surface area contributed by atoms with Crippen LogP contribution >= 0.6 is 0 Å². The van der Waals surface area contributed by atoms with Crippen LogP contribution in [0.3, 0.4) is 0 Å². The van der Waals surface area contributed by atoms with Crippen molar-refractivity contribution in [3.63, 3.8) is 0 Å². The average molecular weight is 357 g/mol. The number of hydrogen-bond acceptors (Lipinski definition) is 5. The third-order valence-electron chi connectivity index (χ3n) is 4.83. The summed E-state index contributed by atoms with van der Waals surface area (Å²) in [5, 5.41) is 4.43. The molecule has 7 nitrogen and oxygen atoms in total. The monoisotopic (exact) mass is 357 g/mol. The fourth-order valence-electron chi connectivity index (χ4n) is 3.49. The van der Waals surface area contributed by atoms with E-state index in [1.807, 2.05) is 40.8 Å². The van der Waals surface area contributed by atoms with Crippen LogP contribution in [0.1, 0.15) is 30.6 Å². The Hall–Kier alpha value is -2.54. The third kappa shape index (κ3) is 3.39. The molecule has 0 saturated heterocycles. The lowest BCUT2D eigenvalue weighted by Gasteiger charge is -2.34. The minimum Gasteiger partial charge on any atom is -0.454 e. The minimum atomic E-state index is 0.109. The van der Waals surface area contributed by atoms with E-state index < -0.39 is 0 Å². The van der Waals surface area contributed by atoms with E-state index in [-0.39, 0.29) is 18.7 Å². The van der Waals surface area contributed by atoms with Gasteiger partial charge in [-0.3, -0.25) is 9.48 Å². The maximum atomic E-state index is 12.9. The van der Waals surface area contributed by atoms with Crippen LogP contribution in [0.4, 0.5) is 0 Å². The zero-order chi connectivity index (χ0) is 17.9. The van der Waals surface area contributed by atoms with Crippen LogP contribution in [0, 0.1) is 0 Å². The van der Waals surface area contributed by atoms with Gasteiger partial charge in [-0.2, -0.15) is 5.10 Å². The van der Waals surface area contributed by atoms with Gasteiger partial charge in [-0.25, -0.2) is 0 Å². The van der Waals surface area contributed by atoms with Gasteiger partial charge in [0, 0.05) is 26.0 Å². The Morgan fingerprint density at radius 3 is 3.08 bits per heavy atom. The number of benzene rings is 1. The van der Waals surface area contributed by atoms with Crippen molar-refractivity contribution in [2.75, 3.05) is 26.6 Å². The summed E-state index contributed by atoms with van der Waals surface area (Å²) in [6.07, 6.45) is 2.99. The topological polar surface area (TPSA) is 65.8 Å². The molecule has 0 aliphatic carbocycles. The first-order chi connectivity index (χ1) is 12.7. The van der Waals surface area contributed by atoms with Crippen molar-refractivity contribution in [3.05, 3.63) is 41.7 Å². The van der Waals surface area contributed by atoms with Crippen molar-refractivity contribution in [2.24, 2.45) is 0 Å². The van der Waals surface area contributed by atoms with Crippen molar-refractivity contribution < 1.29 is 19.0 Å². The normalized spacial score (nSPS) is 18.0. The van der Waals surface area contributed by atoms with E-state index in [0.717, 1.165) is 23.4 Å². The molecule has 0 fully saturated rings. The first kappa shape index (κ1) is 16.9.